The van der Waals surface area contributed by atoms with Gasteiger partial charge < -0.3 is 15.3 Å². The molecule has 1 aromatic carbocycles. The van der Waals surface area contributed by atoms with Crippen LogP contribution in [0.1, 0.15) is 13.3 Å². The van der Waals surface area contributed by atoms with Crippen LogP contribution in [0.3, 0.4) is 0 Å². The molecule has 18 heavy (non-hydrogen) atoms. The van der Waals surface area contributed by atoms with E-state index in [4.69, 9.17) is 16.7 Å². The zero-order valence-corrected chi connectivity index (χ0v) is 12.5. The van der Waals surface area contributed by atoms with Gasteiger partial charge in [-0.15, -0.1) is 0 Å². The van der Waals surface area contributed by atoms with Gasteiger partial charge in [-0.1, -0.05) is 18.5 Å². The molecule has 0 aliphatic rings. The number of rotatable bonds is 5. The van der Waals surface area contributed by atoms with E-state index in [1.165, 1.54) is 0 Å². The number of carbonyl (C=O) groups is 1. The van der Waals surface area contributed by atoms with Crippen LogP contribution in [0.25, 0.3) is 0 Å². The Morgan fingerprint density at radius 1 is 1.50 bits per heavy atom. The first-order valence-corrected chi connectivity index (χ1v) is 6.87. The topological polar surface area (TPSA) is 52.6 Å². The second kappa shape index (κ2) is 7.61. The third kappa shape index (κ3) is 4.48. The first-order chi connectivity index (χ1) is 8.58. The average Bonchev–Trinajstić information content (AvgIpc) is 2.33. The summed E-state index contributed by atoms with van der Waals surface area (Å²) < 4.78 is 0.728. The monoisotopic (exact) mass is 334 g/mol. The van der Waals surface area contributed by atoms with Gasteiger partial charge in [-0.25, -0.2) is 4.79 Å². The number of halogens is 2. The van der Waals surface area contributed by atoms with Crippen LogP contribution < -0.4 is 5.32 Å². The summed E-state index contributed by atoms with van der Waals surface area (Å²) in [4.78, 5) is 13.5. The molecule has 1 aromatic rings. The van der Waals surface area contributed by atoms with Crippen molar-refractivity contribution in [1.29, 1.82) is 0 Å². The van der Waals surface area contributed by atoms with Gasteiger partial charge in [-0.3, -0.25) is 0 Å². The second-order valence-electron chi connectivity index (χ2n) is 3.77. The van der Waals surface area contributed by atoms with Gasteiger partial charge in [0, 0.05) is 23.2 Å². The van der Waals surface area contributed by atoms with Crippen LogP contribution in [0, 0.1) is 0 Å². The molecule has 0 saturated heterocycles. The van der Waals surface area contributed by atoms with E-state index in [1.807, 2.05) is 6.92 Å². The Hall–Kier alpha value is -0.780. The van der Waals surface area contributed by atoms with E-state index in [0.717, 1.165) is 10.9 Å². The van der Waals surface area contributed by atoms with E-state index in [1.54, 1.807) is 23.1 Å². The molecule has 0 bridgehead atoms. The molecule has 0 unspecified atom stereocenters. The minimum absolute atomic E-state index is 0.0439. The number of aliphatic hydroxyl groups excluding tert-OH is 1. The van der Waals surface area contributed by atoms with Gasteiger partial charge >= 0.3 is 6.03 Å². The van der Waals surface area contributed by atoms with Crippen molar-refractivity contribution in [1.82, 2.24) is 4.90 Å². The van der Waals surface area contributed by atoms with Crippen LogP contribution >= 0.6 is 27.5 Å². The Labute approximate surface area is 120 Å². The highest BCUT2D eigenvalue weighted by atomic mass is 79.9. The minimum Gasteiger partial charge on any atom is -0.395 e. The first kappa shape index (κ1) is 15.3. The van der Waals surface area contributed by atoms with Crippen LogP contribution in [-0.4, -0.2) is 35.7 Å². The van der Waals surface area contributed by atoms with Crippen LogP contribution in [0.5, 0.6) is 0 Å². The summed E-state index contributed by atoms with van der Waals surface area (Å²) in [6.45, 7) is 2.88. The maximum absolute atomic E-state index is 11.9. The SMILES string of the molecule is CCCN(CCO)C(=O)Nc1ccc(Cl)c(Br)c1. The lowest BCUT2D eigenvalue weighted by atomic mass is 10.3. The number of benzene rings is 1. The fourth-order valence-electron chi connectivity index (χ4n) is 1.48. The smallest absolute Gasteiger partial charge is 0.321 e. The molecule has 1 rings (SSSR count). The summed E-state index contributed by atoms with van der Waals surface area (Å²) in [7, 11) is 0. The van der Waals surface area contributed by atoms with E-state index in [0.29, 0.717) is 23.8 Å². The molecule has 0 saturated carbocycles. The number of carbonyl (C=O) groups excluding carboxylic acids is 1. The minimum atomic E-state index is -0.222. The van der Waals surface area contributed by atoms with Crippen molar-refractivity contribution in [2.45, 2.75) is 13.3 Å². The standard InChI is InChI=1S/C12H16BrClN2O2/c1-2-5-16(6-7-17)12(18)15-9-3-4-11(14)10(13)8-9/h3-4,8,17H,2,5-7H2,1H3,(H,15,18). The molecule has 0 spiro atoms. The fourth-order valence-corrected chi connectivity index (χ4v) is 1.98. The van der Waals surface area contributed by atoms with Gasteiger partial charge in [-0.2, -0.15) is 0 Å². The molecule has 4 nitrogen and oxygen atoms in total. The predicted octanol–water partition coefficient (Wildman–Crippen LogP) is 3.34. The third-order valence-electron chi connectivity index (χ3n) is 2.32. The molecule has 100 valence electrons. The molecule has 0 heterocycles. The van der Waals surface area contributed by atoms with Gasteiger partial charge in [-0.05, 0) is 40.5 Å². The van der Waals surface area contributed by atoms with Gasteiger partial charge in [0.25, 0.3) is 0 Å². The van der Waals surface area contributed by atoms with E-state index >= 15 is 0 Å². The summed E-state index contributed by atoms with van der Waals surface area (Å²) in [5.74, 6) is 0. The molecule has 0 aliphatic carbocycles. The highest BCUT2D eigenvalue weighted by Crippen LogP contribution is 2.25. The number of amides is 2. The van der Waals surface area contributed by atoms with Crippen molar-refractivity contribution in [2.24, 2.45) is 0 Å². The Kier molecular flexibility index (Phi) is 6.46. The quantitative estimate of drug-likeness (QED) is 0.867. The molecule has 2 amide bonds. The van der Waals surface area contributed by atoms with Crippen LogP contribution in [0.4, 0.5) is 10.5 Å². The van der Waals surface area contributed by atoms with Crippen LogP contribution in [-0.2, 0) is 0 Å². The van der Waals surface area contributed by atoms with Crippen molar-refractivity contribution in [3.05, 3.63) is 27.7 Å². The van der Waals surface area contributed by atoms with E-state index in [-0.39, 0.29) is 12.6 Å². The van der Waals surface area contributed by atoms with Crippen LogP contribution in [0.2, 0.25) is 5.02 Å². The Morgan fingerprint density at radius 3 is 2.78 bits per heavy atom. The molecule has 6 heteroatoms. The van der Waals surface area contributed by atoms with Crippen molar-refractivity contribution < 1.29 is 9.90 Å². The lowest BCUT2D eigenvalue weighted by Crippen LogP contribution is -2.37. The predicted molar refractivity (Wildman–Crippen MR) is 77.1 cm³/mol. The average molecular weight is 336 g/mol. The van der Waals surface area contributed by atoms with Crippen molar-refractivity contribution >= 4 is 39.2 Å². The maximum Gasteiger partial charge on any atom is 0.321 e. The number of hydrogen-bond donors (Lipinski definition) is 2. The number of hydrogen-bond acceptors (Lipinski definition) is 2. The largest absolute Gasteiger partial charge is 0.395 e. The zero-order valence-electron chi connectivity index (χ0n) is 10.1. The number of aliphatic hydroxyl groups is 1. The molecule has 0 aromatic heterocycles. The second-order valence-corrected chi connectivity index (χ2v) is 5.03. The van der Waals surface area contributed by atoms with E-state index < -0.39 is 0 Å². The zero-order chi connectivity index (χ0) is 13.5. The number of nitrogens with one attached hydrogen (secondary N) is 1. The molecule has 2 N–H and O–H groups in total. The van der Waals surface area contributed by atoms with Crippen LogP contribution in [0.15, 0.2) is 22.7 Å². The highest BCUT2D eigenvalue weighted by Gasteiger charge is 2.12. The van der Waals surface area contributed by atoms with Crippen molar-refractivity contribution in [3.63, 3.8) is 0 Å². The highest BCUT2D eigenvalue weighted by molar-refractivity contribution is 9.10. The molecular weight excluding hydrogens is 320 g/mol. The van der Waals surface area contributed by atoms with Crippen molar-refractivity contribution in [3.8, 4) is 0 Å². The molecule has 0 aliphatic heterocycles. The number of anilines is 1. The molecule has 0 fully saturated rings. The Balaban J connectivity index is 2.69. The van der Waals surface area contributed by atoms with E-state index in [9.17, 15) is 4.79 Å². The Bertz CT molecular complexity index is 409. The third-order valence-corrected chi connectivity index (χ3v) is 3.54. The lowest BCUT2D eigenvalue weighted by Gasteiger charge is -2.21. The van der Waals surface area contributed by atoms with Gasteiger partial charge in [0.1, 0.15) is 0 Å². The lowest BCUT2D eigenvalue weighted by molar-refractivity contribution is 0.188. The van der Waals surface area contributed by atoms with Crippen molar-refractivity contribution in [2.75, 3.05) is 25.0 Å². The molecular formula is C12H16BrClN2O2. The van der Waals surface area contributed by atoms with Gasteiger partial charge in [0.15, 0.2) is 0 Å². The van der Waals surface area contributed by atoms with Gasteiger partial charge in [0.2, 0.25) is 0 Å². The number of nitrogens with zero attached hydrogens (tertiary/aromatic N) is 1. The first-order valence-electron chi connectivity index (χ1n) is 5.70. The fraction of sp³-hybridized carbons (Fsp3) is 0.417. The molecule has 0 radical (unpaired) electrons. The molecule has 0 atom stereocenters. The number of urea groups is 1. The summed E-state index contributed by atoms with van der Waals surface area (Å²) in [5.41, 5.74) is 0.662. The summed E-state index contributed by atoms with van der Waals surface area (Å²) in [5, 5.41) is 12.3. The maximum atomic E-state index is 11.9. The Morgan fingerprint density at radius 2 is 2.22 bits per heavy atom. The normalized spacial score (nSPS) is 10.2. The summed E-state index contributed by atoms with van der Waals surface area (Å²) >= 11 is 9.17. The van der Waals surface area contributed by atoms with Gasteiger partial charge in [0.05, 0.1) is 11.6 Å². The summed E-state index contributed by atoms with van der Waals surface area (Å²) in [6.07, 6.45) is 0.845. The van der Waals surface area contributed by atoms with E-state index in [2.05, 4.69) is 21.2 Å². The summed E-state index contributed by atoms with van der Waals surface area (Å²) in [6, 6.07) is 4.95.